The number of para-hydroxylation sites is 1. The molecule has 0 spiro atoms. The van der Waals surface area contributed by atoms with Crippen LogP contribution in [0.2, 0.25) is 0 Å². The Hall–Kier alpha value is -2.73. The fourth-order valence-corrected chi connectivity index (χ4v) is 2.36. The van der Waals surface area contributed by atoms with Crippen LogP contribution in [0.15, 0.2) is 48.5 Å². The summed E-state index contributed by atoms with van der Waals surface area (Å²) in [5.74, 6) is -1.15. The lowest BCUT2D eigenvalue weighted by atomic mass is 10.1. The van der Waals surface area contributed by atoms with E-state index in [1.165, 1.54) is 6.07 Å². The Labute approximate surface area is 146 Å². The third-order valence-corrected chi connectivity index (χ3v) is 3.64. The second-order valence-corrected chi connectivity index (χ2v) is 5.44. The van der Waals surface area contributed by atoms with Crippen LogP contribution < -0.4 is 10.6 Å². The van der Waals surface area contributed by atoms with Gasteiger partial charge in [0.15, 0.2) is 0 Å². The highest BCUT2D eigenvalue weighted by atomic mass is 19.1. The SMILES string of the molecule is CCOC(=O)c1ccccc1NC(=O)CNC(C)c1ccccc1F. The molecule has 0 aromatic heterocycles. The summed E-state index contributed by atoms with van der Waals surface area (Å²) in [6.07, 6.45) is 0. The molecule has 2 aromatic rings. The molecule has 0 aliphatic rings. The maximum atomic E-state index is 13.7. The highest BCUT2D eigenvalue weighted by Crippen LogP contribution is 2.17. The van der Waals surface area contributed by atoms with E-state index in [-0.39, 0.29) is 30.9 Å². The Morgan fingerprint density at radius 1 is 1.12 bits per heavy atom. The predicted octanol–water partition coefficient (Wildman–Crippen LogP) is 3.29. The van der Waals surface area contributed by atoms with E-state index in [0.717, 1.165) is 0 Å². The molecule has 0 radical (unpaired) electrons. The number of carbonyl (C=O) groups excluding carboxylic acids is 2. The van der Waals surface area contributed by atoms with Gasteiger partial charge in [-0.1, -0.05) is 30.3 Å². The first-order valence-corrected chi connectivity index (χ1v) is 8.06. The van der Waals surface area contributed by atoms with Gasteiger partial charge in [0.2, 0.25) is 5.91 Å². The molecule has 0 bridgehead atoms. The molecule has 1 atom stereocenters. The van der Waals surface area contributed by atoms with Gasteiger partial charge in [0, 0.05) is 11.6 Å². The van der Waals surface area contributed by atoms with Crippen molar-refractivity contribution in [3.8, 4) is 0 Å². The summed E-state index contributed by atoms with van der Waals surface area (Å²) < 4.78 is 18.7. The van der Waals surface area contributed by atoms with Gasteiger partial charge >= 0.3 is 5.97 Å². The van der Waals surface area contributed by atoms with Crippen LogP contribution in [0.1, 0.15) is 35.8 Å². The van der Waals surface area contributed by atoms with Crippen LogP contribution in [0.3, 0.4) is 0 Å². The molecule has 0 aliphatic heterocycles. The van der Waals surface area contributed by atoms with E-state index in [9.17, 15) is 14.0 Å². The summed E-state index contributed by atoms with van der Waals surface area (Å²) in [6, 6.07) is 12.7. The van der Waals surface area contributed by atoms with Crippen molar-refractivity contribution in [2.24, 2.45) is 0 Å². The molecule has 0 fully saturated rings. The minimum Gasteiger partial charge on any atom is -0.462 e. The van der Waals surface area contributed by atoms with Crippen LogP contribution in [-0.4, -0.2) is 25.0 Å². The van der Waals surface area contributed by atoms with Crippen molar-refractivity contribution < 1.29 is 18.7 Å². The molecule has 132 valence electrons. The zero-order valence-electron chi connectivity index (χ0n) is 14.2. The summed E-state index contributed by atoms with van der Waals surface area (Å²) in [6.45, 7) is 3.72. The second kappa shape index (κ2) is 8.94. The Kier molecular flexibility index (Phi) is 6.65. The Morgan fingerprint density at radius 3 is 2.52 bits per heavy atom. The van der Waals surface area contributed by atoms with E-state index in [4.69, 9.17) is 4.74 Å². The van der Waals surface area contributed by atoms with Gasteiger partial charge in [0.1, 0.15) is 5.82 Å². The maximum Gasteiger partial charge on any atom is 0.340 e. The molecule has 2 rings (SSSR count). The molecule has 2 N–H and O–H groups in total. The van der Waals surface area contributed by atoms with Crippen molar-refractivity contribution in [1.82, 2.24) is 5.32 Å². The Morgan fingerprint density at radius 2 is 1.80 bits per heavy atom. The highest BCUT2D eigenvalue weighted by molar-refractivity contribution is 6.01. The molecule has 0 aliphatic carbocycles. The van der Waals surface area contributed by atoms with Gasteiger partial charge in [-0.15, -0.1) is 0 Å². The van der Waals surface area contributed by atoms with Gasteiger partial charge in [-0.2, -0.15) is 0 Å². The smallest absolute Gasteiger partial charge is 0.340 e. The molecular formula is C19H21FN2O3. The van der Waals surface area contributed by atoms with Crippen LogP contribution >= 0.6 is 0 Å². The summed E-state index contributed by atoms with van der Waals surface area (Å²) in [5.41, 5.74) is 1.16. The molecule has 6 heteroatoms. The lowest BCUT2D eigenvalue weighted by Crippen LogP contribution is -2.31. The minimum absolute atomic E-state index is 0.0212. The predicted molar refractivity (Wildman–Crippen MR) is 93.8 cm³/mol. The average Bonchev–Trinajstić information content (AvgIpc) is 2.60. The van der Waals surface area contributed by atoms with E-state index >= 15 is 0 Å². The van der Waals surface area contributed by atoms with Crippen molar-refractivity contribution in [2.75, 3.05) is 18.5 Å². The molecule has 2 aromatic carbocycles. The topological polar surface area (TPSA) is 67.4 Å². The molecule has 1 amide bonds. The normalized spacial score (nSPS) is 11.6. The van der Waals surface area contributed by atoms with Crippen LogP contribution in [-0.2, 0) is 9.53 Å². The van der Waals surface area contributed by atoms with Gasteiger partial charge in [0.05, 0.1) is 24.4 Å². The zero-order chi connectivity index (χ0) is 18.2. The fourth-order valence-electron chi connectivity index (χ4n) is 2.36. The average molecular weight is 344 g/mol. The van der Waals surface area contributed by atoms with Crippen molar-refractivity contribution >= 4 is 17.6 Å². The number of rotatable bonds is 7. The summed E-state index contributed by atoms with van der Waals surface area (Å²) in [4.78, 5) is 24.1. The van der Waals surface area contributed by atoms with E-state index < -0.39 is 5.97 Å². The zero-order valence-corrected chi connectivity index (χ0v) is 14.2. The number of benzene rings is 2. The van der Waals surface area contributed by atoms with Crippen LogP contribution in [0.25, 0.3) is 0 Å². The van der Waals surface area contributed by atoms with Crippen LogP contribution in [0.5, 0.6) is 0 Å². The number of esters is 1. The monoisotopic (exact) mass is 344 g/mol. The number of halogens is 1. The first-order chi connectivity index (χ1) is 12.0. The summed E-state index contributed by atoms with van der Waals surface area (Å²) in [5, 5.41) is 5.64. The minimum atomic E-state index is -0.494. The standard InChI is InChI=1S/C19H21FN2O3/c1-3-25-19(24)15-9-5-7-11-17(15)22-18(23)12-21-13(2)14-8-4-6-10-16(14)20/h4-11,13,21H,3,12H2,1-2H3,(H,22,23). The molecule has 1 unspecified atom stereocenters. The molecule has 0 saturated carbocycles. The first kappa shape index (κ1) is 18.6. The first-order valence-electron chi connectivity index (χ1n) is 8.06. The molecule has 25 heavy (non-hydrogen) atoms. The van der Waals surface area contributed by atoms with E-state index in [0.29, 0.717) is 16.8 Å². The Bertz CT molecular complexity index is 749. The number of amides is 1. The van der Waals surface area contributed by atoms with Gasteiger partial charge in [-0.25, -0.2) is 9.18 Å². The van der Waals surface area contributed by atoms with Gasteiger partial charge in [-0.3, -0.25) is 4.79 Å². The fraction of sp³-hybridized carbons (Fsp3) is 0.263. The number of hydrogen-bond acceptors (Lipinski definition) is 4. The van der Waals surface area contributed by atoms with Crippen molar-refractivity contribution in [2.45, 2.75) is 19.9 Å². The third kappa shape index (κ3) is 5.12. The van der Waals surface area contributed by atoms with Crippen molar-refractivity contribution in [3.05, 3.63) is 65.5 Å². The van der Waals surface area contributed by atoms with E-state index in [1.54, 1.807) is 56.3 Å². The highest BCUT2D eigenvalue weighted by Gasteiger charge is 2.15. The van der Waals surface area contributed by atoms with E-state index in [2.05, 4.69) is 10.6 Å². The number of anilines is 1. The van der Waals surface area contributed by atoms with Crippen LogP contribution in [0.4, 0.5) is 10.1 Å². The third-order valence-electron chi connectivity index (χ3n) is 3.64. The van der Waals surface area contributed by atoms with Crippen molar-refractivity contribution in [1.29, 1.82) is 0 Å². The van der Waals surface area contributed by atoms with Gasteiger partial charge in [-0.05, 0) is 32.0 Å². The number of ether oxygens (including phenoxy) is 1. The van der Waals surface area contributed by atoms with Crippen molar-refractivity contribution in [3.63, 3.8) is 0 Å². The molecular weight excluding hydrogens is 323 g/mol. The second-order valence-electron chi connectivity index (χ2n) is 5.44. The van der Waals surface area contributed by atoms with Crippen LogP contribution in [0, 0.1) is 5.82 Å². The van der Waals surface area contributed by atoms with E-state index in [1.807, 2.05) is 0 Å². The Balaban J connectivity index is 1.97. The lowest BCUT2D eigenvalue weighted by molar-refractivity contribution is -0.115. The quantitative estimate of drug-likeness (QED) is 0.757. The molecule has 0 heterocycles. The number of hydrogen-bond donors (Lipinski definition) is 2. The number of carbonyl (C=O) groups is 2. The van der Waals surface area contributed by atoms with Gasteiger partial charge < -0.3 is 15.4 Å². The largest absolute Gasteiger partial charge is 0.462 e. The maximum absolute atomic E-state index is 13.7. The number of nitrogens with one attached hydrogen (secondary N) is 2. The molecule has 0 saturated heterocycles. The van der Waals surface area contributed by atoms with Gasteiger partial charge in [0.25, 0.3) is 0 Å². The molecule has 5 nitrogen and oxygen atoms in total. The summed E-state index contributed by atoms with van der Waals surface area (Å²) >= 11 is 0. The lowest BCUT2D eigenvalue weighted by Gasteiger charge is -2.15. The summed E-state index contributed by atoms with van der Waals surface area (Å²) in [7, 11) is 0.